The summed E-state index contributed by atoms with van der Waals surface area (Å²) < 4.78 is 103. The molecular weight excluding hydrogens is 841 g/mol. The fourth-order valence-electron chi connectivity index (χ4n) is 6.08. The molecule has 324 valence electrons. The molecule has 0 radical (unpaired) electrons. The summed E-state index contributed by atoms with van der Waals surface area (Å²) in [4.78, 5) is 26.9. The van der Waals surface area contributed by atoms with Crippen LogP contribution in [0.25, 0.3) is 10.4 Å². The van der Waals surface area contributed by atoms with Crippen LogP contribution in [0.15, 0.2) is 116 Å². The third-order valence-electron chi connectivity index (χ3n) is 9.35. The van der Waals surface area contributed by atoms with Crippen molar-refractivity contribution in [3.63, 3.8) is 0 Å². The van der Waals surface area contributed by atoms with Crippen molar-refractivity contribution in [2.75, 3.05) is 13.2 Å². The molecule has 2 aliphatic carbocycles. The maximum absolute atomic E-state index is 13.0. The Morgan fingerprint density at radius 2 is 1.02 bits per heavy atom. The van der Waals surface area contributed by atoms with Gasteiger partial charge in [0.05, 0.1) is 46.1 Å². The summed E-state index contributed by atoms with van der Waals surface area (Å²) in [5.41, 5.74) is 18.1. The summed E-state index contributed by atoms with van der Waals surface area (Å²) in [5.74, 6) is -1.46. The van der Waals surface area contributed by atoms with Crippen molar-refractivity contribution in [2.24, 2.45) is 16.8 Å². The molecule has 6 atom stereocenters. The molecule has 0 heterocycles. The number of nitrogens with two attached hydrogens (primary N) is 1. The summed E-state index contributed by atoms with van der Waals surface area (Å²) in [6.07, 6.45) is -1.14. The second-order valence-electron chi connectivity index (χ2n) is 14.0. The SMILES string of the molecule is CCOC(=O)C1=C[C@H](C)[C@H](N)[C@H](OS(=O)(=O)c2ccc(C)cc2)C1.CCOC(=O)C1=C[C@H](OS(=O)(=O)c2ccc(C)cc2)[C@H](N=[N+]=[N-])[C@H](OS(=O)(=O)c2ccc(C)cc2)C1. The molecule has 0 amide bonds. The third kappa shape index (κ3) is 12.6. The van der Waals surface area contributed by atoms with E-state index < -0.39 is 72.7 Å². The van der Waals surface area contributed by atoms with Crippen LogP contribution in [0.5, 0.6) is 0 Å². The van der Waals surface area contributed by atoms with Gasteiger partial charge in [-0.1, -0.05) is 71.2 Å². The minimum absolute atomic E-state index is 0.0241. The number of hydrogen-bond acceptors (Lipinski definition) is 15. The number of azide groups is 1. The maximum atomic E-state index is 13.0. The molecule has 5 rings (SSSR count). The highest BCUT2D eigenvalue weighted by atomic mass is 32.2. The molecule has 20 heteroatoms. The summed E-state index contributed by atoms with van der Waals surface area (Å²) >= 11 is 0. The molecule has 60 heavy (non-hydrogen) atoms. The van der Waals surface area contributed by atoms with Crippen molar-refractivity contribution in [3.05, 3.63) is 123 Å². The molecule has 17 nitrogen and oxygen atoms in total. The van der Waals surface area contributed by atoms with Crippen molar-refractivity contribution in [2.45, 2.75) is 99.5 Å². The van der Waals surface area contributed by atoms with Gasteiger partial charge in [-0.15, -0.1) is 0 Å². The third-order valence-corrected chi connectivity index (χ3v) is 13.4. The number of esters is 2. The Morgan fingerprint density at radius 3 is 1.42 bits per heavy atom. The number of carbonyl (C=O) groups excluding carboxylic acids is 2. The van der Waals surface area contributed by atoms with Gasteiger partial charge < -0.3 is 15.2 Å². The first-order valence-electron chi connectivity index (χ1n) is 18.8. The zero-order valence-corrected chi connectivity index (χ0v) is 36.3. The van der Waals surface area contributed by atoms with Crippen molar-refractivity contribution in [1.29, 1.82) is 0 Å². The second kappa shape index (κ2) is 20.6. The molecule has 2 aliphatic rings. The van der Waals surface area contributed by atoms with E-state index in [2.05, 4.69) is 10.0 Å². The lowest BCUT2D eigenvalue weighted by molar-refractivity contribution is -0.140. The fourth-order valence-corrected chi connectivity index (χ4v) is 9.31. The van der Waals surface area contributed by atoms with Crippen molar-refractivity contribution in [3.8, 4) is 0 Å². The molecule has 0 bridgehead atoms. The highest BCUT2D eigenvalue weighted by molar-refractivity contribution is 7.87. The zero-order chi connectivity index (χ0) is 44.4. The number of nitrogens with zero attached hydrogens (tertiary/aromatic N) is 3. The van der Waals surface area contributed by atoms with Crippen LogP contribution in [-0.2, 0) is 62.0 Å². The predicted octanol–water partition coefficient (Wildman–Crippen LogP) is 5.65. The molecule has 0 saturated carbocycles. The van der Waals surface area contributed by atoms with E-state index in [1.165, 1.54) is 36.4 Å². The topological polar surface area (TPSA) is 257 Å². The molecule has 0 aliphatic heterocycles. The molecule has 0 spiro atoms. The van der Waals surface area contributed by atoms with Crippen LogP contribution in [0.1, 0.15) is 50.3 Å². The lowest BCUT2D eigenvalue weighted by Gasteiger charge is -2.32. The summed E-state index contributed by atoms with van der Waals surface area (Å²) in [6, 6.07) is 16.1. The van der Waals surface area contributed by atoms with Gasteiger partial charge in [0.1, 0.15) is 6.10 Å². The van der Waals surface area contributed by atoms with E-state index >= 15 is 0 Å². The molecule has 2 N–H and O–H groups in total. The number of benzene rings is 3. The number of hydrogen-bond donors (Lipinski definition) is 1. The van der Waals surface area contributed by atoms with Crippen LogP contribution in [0, 0.1) is 26.7 Å². The van der Waals surface area contributed by atoms with Gasteiger partial charge in [-0.2, -0.15) is 25.3 Å². The standard InChI is InChI=1S/C23H25N3O8S2.C17H23NO5S/c1-4-32-23(27)17-13-20(33-35(28,29)18-9-5-15(2)6-10-18)22(25-26-24)21(14-17)34-36(30,31)19-11-7-16(3)8-12-19;1-4-22-17(19)13-9-12(3)16(18)15(10-13)23-24(20,21)14-7-5-11(2)6-8-14/h5-13,20-22H,4,14H2,1-3H3;5-9,12,15-16H,4,10,18H2,1-3H3/t20-,21+,22-;12-,15+,16-/m00/s1. The van der Waals surface area contributed by atoms with E-state index in [9.17, 15) is 34.8 Å². The second-order valence-corrected chi connectivity index (χ2v) is 18.7. The lowest BCUT2D eigenvalue weighted by Crippen LogP contribution is -2.45. The Hall–Kier alpha value is -4.92. The lowest BCUT2D eigenvalue weighted by atomic mass is 9.85. The summed E-state index contributed by atoms with van der Waals surface area (Å²) in [7, 11) is -12.7. The van der Waals surface area contributed by atoms with E-state index in [0.29, 0.717) is 5.57 Å². The zero-order valence-electron chi connectivity index (χ0n) is 33.8. The normalized spacial score (nSPS) is 21.9. The Bertz CT molecular complexity index is 2450. The maximum Gasteiger partial charge on any atom is 0.333 e. The van der Waals surface area contributed by atoms with E-state index in [0.717, 1.165) is 22.8 Å². The van der Waals surface area contributed by atoms with Crippen LogP contribution < -0.4 is 5.73 Å². The molecule has 0 unspecified atom stereocenters. The molecule has 0 fully saturated rings. The summed E-state index contributed by atoms with van der Waals surface area (Å²) in [5, 5.41) is 3.58. The van der Waals surface area contributed by atoms with Gasteiger partial charge in [0.15, 0.2) is 0 Å². The van der Waals surface area contributed by atoms with E-state index in [1.807, 2.05) is 13.8 Å². The highest BCUT2D eigenvalue weighted by Gasteiger charge is 2.42. The quantitative estimate of drug-likeness (QED) is 0.0675. The van der Waals surface area contributed by atoms with Crippen molar-refractivity contribution in [1.82, 2.24) is 0 Å². The number of ether oxygens (including phenoxy) is 2. The van der Waals surface area contributed by atoms with Crippen molar-refractivity contribution >= 4 is 42.3 Å². The van der Waals surface area contributed by atoms with Crippen LogP contribution >= 0.6 is 0 Å². The minimum atomic E-state index is -4.40. The Labute approximate surface area is 350 Å². The van der Waals surface area contributed by atoms with Gasteiger partial charge in [0.25, 0.3) is 30.4 Å². The summed E-state index contributed by atoms with van der Waals surface area (Å²) in [6.45, 7) is 10.8. The van der Waals surface area contributed by atoms with Gasteiger partial charge in [0, 0.05) is 34.9 Å². The Balaban J connectivity index is 0.000000287. The fraction of sp³-hybridized carbons (Fsp3) is 0.400. The molecule has 3 aromatic carbocycles. The largest absolute Gasteiger partial charge is 0.463 e. The first kappa shape index (κ1) is 47.8. The van der Waals surface area contributed by atoms with Gasteiger partial charge in [-0.25, -0.2) is 9.59 Å². The molecule has 0 saturated heterocycles. The minimum Gasteiger partial charge on any atom is -0.463 e. The average molecular weight is 889 g/mol. The number of carbonyl (C=O) groups is 2. The van der Waals surface area contributed by atoms with Gasteiger partial charge in [-0.3, -0.25) is 12.5 Å². The Kier molecular flexibility index (Phi) is 16.4. The highest BCUT2D eigenvalue weighted by Crippen LogP contribution is 2.33. The first-order valence-corrected chi connectivity index (χ1v) is 23.0. The molecular formula is C40H48N4O13S3. The van der Waals surface area contributed by atoms with E-state index in [4.69, 9.17) is 33.3 Å². The van der Waals surface area contributed by atoms with E-state index in [-0.39, 0.29) is 52.2 Å². The van der Waals surface area contributed by atoms with Crippen molar-refractivity contribution < 1.29 is 56.9 Å². The van der Waals surface area contributed by atoms with Crippen LogP contribution in [-0.4, -0.2) is 80.8 Å². The number of aryl methyl sites for hydroxylation is 3. The van der Waals surface area contributed by atoms with Crippen LogP contribution in [0.2, 0.25) is 0 Å². The predicted molar refractivity (Wildman–Crippen MR) is 218 cm³/mol. The first-order chi connectivity index (χ1) is 28.2. The molecule has 0 aromatic heterocycles. The van der Waals surface area contributed by atoms with E-state index in [1.54, 1.807) is 70.2 Å². The monoisotopic (exact) mass is 888 g/mol. The Morgan fingerprint density at radius 1 is 0.650 bits per heavy atom. The van der Waals surface area contributed by atoms with Gasteiger partial charge >= 0.3 is 11.9 Å². The average Bonchev–Trinajstić information content (AvgIpc) is 3.18. The number of rotatable bonds is 14. The molecule has 3 aromatic rings. The smallest absolute Gasteiger partial charge is 0.333 e. The van der Waals surface area contributed by atoms with Crippen LogP contribution in [0.3, 0.4) is 0 Å². The van der Waals surface area contributed by atoms with Gasteiger partial charge in [0.2, 0.25) is 0 Å². The van der Waals surface area contributed by atoms with Gasteiger partial charge in [-0.05, 0) is 88.5 Å². The van der Waals surface area contributed by atoms with Crippen LogP contribution in [0.4, 0.5) is 0 Å².